The summed E-state index contributed by atoms with van der Waals surface area (Å²) in [4.78, 5) is 24.1. The van der Waals surface area contributed by atoms with E-state index in [4.69, 9.17) is 27.9 Å². The van der Waals surface area contributed by atoms with Gasteiger partial charge in [0.2, 0.25) is 0 Å². The van der Waals surface area contributed by atoms with Gasteiger partial charge in [0.15, 0.2) is 0 Å². The van der Waals surface area contributed by atoms with E-state index in [1.807, 2.05) is 19.1 Å². The highest BCUT2D eigenvalue weighted by molar-refractivity contribution is 6.39. The molecular formula is C24H21Cl2N3O3. The van der Waals surface area contributed by atoms with Gasteiger partial charge >= 0.3 is 11.8 Å². The molecule has 8 heteroatoms. The summed E-state index contributed by atoms with van der Waals surface area (Å²) in [5, 5.41) is 7.51. The third-order valence-electron chi connectivity index (χ3n) is 4.56. The molecule has 0 saturated carbocycles. The highest BCUT2D eigenvalue weighted by Crippen LogP contribution is 2.25. The molecule has 0 radical (unpaired) electrons. The molecule has 0 bridgehead atoms. The van der Waals surface area contributed by atoms with Crippen LogP contribution in [-0.4, -0.2) is 18.0 Å². The van der Waals surface area contributed by atoms with E-state index in [0.29, 0.717) is 32.6 Å². The summed E-state index contributed by atoms with van der Waals surface area (Å²) >= 11 is 12.3. The predicted octanol–water partition coefficient (Wildman–Crippen LogP) is 5.22. The highest BCUT2D eigenvalue weighted by atomic mass is 35.5. The van der Waals surface area contributed by atoms with Crippen molar-refractivity contribution in [2.45, 2.75) is 20.0 Å². The zero-order valence-electron chi connectivity index (χ0n) is 17.3. The van der Waals surface area contributed by atoms with Gasteiger partial charge in [0.1, 0.15) is 12.4 Å². The van der Waals surface area contributed by atoms with Crippen molar-refractivity contribution in [2.75, 3.05) is 5.32 Å². The molecule has 0 heterocycles. The first-order chi connectivity index (χ1) is 15.5. The number of anilines is 1. The zero-order chi connectivity index (χ0) is 22.9. The van der Waals surface area contributed by atoms with Crippen LogP contribution in [0.4, 0.5) is 5.69 Å². The second-order valence-electron chi connectivity index (χ2n) is 6.72. The van der Waals surface area contributed by atoms with Crippen LogP contribution in [0.1, 0.15) is 23.6 Å². The summed E-state index contributed by atoms with van der Waals surface area (Å²) in [7, 11) is 0. The molecule has 0 aliphatic heterocycles. The SMILES string of the molecule is CCc1ccccc1NC(=O)C(=O)N/N=C/c1ccc(OCc2c(Cl)cccc2Cl)cc1. The van der Waals surface area contributed by atoms with Gasteiger partial charge in [0.25, 0.3) is 0 Å². The first-order valence-electron chi connectivity index (χ1n) is 9.86. The van der Waals surface area contributed by atoms with E-state index in [2.05, 4.69) is 15.8 Å². The van der Waals surface area contributed by atoms with Gasteiger partial charge in [-0.05, 0) is 60.0 Å². The van der Waals surface area contributed by atoms with Gasteiger partial charge in [0.05, 0.1) is 6.21 Å². The lowest BCUT2D eigenvalue weighted by molar-refractivity contribution is -0.136. The van der Waals surface area contributed by atoms with Crippen LogP contribution in [0.15, 0.2) is 71.8 Å². The number of para-hydroxylation sites is 1. The van der Waals surface area contributed by atoms with Crippen molar-refractivity contribution >= 4 is 46.9 Å². The second kappa shape index (κ2) is 11.3. The fourth-order valence-electron chi connectivity index (χ4n) is 2.82. The summed E-state index contributed by atoms with van der Waals surface area (Å²) < 4.78 is 5.72. The lowest BCUT2D eigenvalue weighted by Gasteiger charge is -2.09. The smallest absolute Gasteiger partial charge is 0.329 e. The maximum Gasteiger partial charge on any atom is 0.329 e. The molecule has 32 heavy (non-hydrogen) atoms. The second-order valence-corrected chi connectivity index (χ2v) is 7.54. The Hall–Kier alpha value is -3.35. The minimum absolute atomic E-state index is 0.234. The Morgan fingerprint density at radius 3 is 2.31 bits per heavy atom. The first-order valence-corrected chi connectivity index (χ1v) is 10.6. The quantitative estimate of drug-likeness (QED) is 0.282. The van der Waals surface area contributed by atoms with Crippen molar-refractivity contribution in [1.29, 1.82) is 0 Å². The summed E-state index contributed by atoms with van der Waals surface area (Å²) in [5.74, 6) is -1.02. The molecule has 0 fully saturated rings. The topological polar surface area (TPSA) is 79.8 Å². The van der Waals surface area contributed by atoms with Crippen LogP contribution in [0.3, 0.4) is 0 Å². The lowest BCUT2D eigenvalue weighted by atomic mass is 10.1. The Morgan fingerprint density at radius 2 is 1.62 bits per heavy atom. The van der Waals surface area contributed by atoms with Crippen molar-refractivity contribution in [3.8, 4) is 5.75 Å². The van der Waals surface area contributed by atoms with Gasteiger partial charge in [-0.3, -0.25) is 9.59 Å². The number of nitrogens with zero attached hydrogens (tertiary/aromatic N) is 1. The monoisotopic (exact) mass is 469 g/mol. The van der Waals surface area contributed by atoms with Crippen LogP contribution in [-0.2, 0) is 22.6 Å². The number of nitrogens with one attached hydrogen (secondary N) is 2. The van der Waals surface area contributed by atoms with Crippen LogP contribution in [0.5, 0.6) is 5.75 Å². The van der Waals surface area contributed by atoms with Gasteiger partial charge in [-0.1, -0.05) is 54.4 Å². The van der Waals surface area contributed by atoms with E-state index < -0.39 is 11.8 Å². The molecule has 0 aliphatic carbocycles. The number of halogens is 2. The number of aryl methyl sites for hydroxylation is 1. The Bertz CT molecular complexity index is 1110. The average molecular weight is 470 g/mol. The molecule has 2 amide bonds. The number of hydrogen-bond acceptors (Lipinski definition) is 4. The van der Waals surface area contributed by atoms with E-state index in [0.717, 1.165) is 12.0 Å². The average Bonchev–Trinajstić information content (AvgIpc) is 2.80. The number of rotatable bonds is 7. The van der Waals surface area contributed by atoms with E-state index in [1.54, 1.807) is 54.6 Å². The van der Waals surface area contributed by atoms with Crippen LogP contribution in [0.25, 0.3) is 0 Å². The molecule has 2 N–H and O–H groups in total. The Morgan fingerprint density at radius 1 is 0.938 bits per heavy atom. The maximum absolute atomic E-state index is 12.1. The highest BCUT2D eigenvalue weighted by Gasteiger charge is 2.14. The minimum Gasteiger partial charge on any atom is -0.489 e. The molecule has 0 saturated heterocycles. The van der Waals surface area contributed by atoms with Gasteiger partial charge < -0.3 is 10.1 Å². The summed E-state index contributed by atoms with van der Waals surface area (Å²) in [6.07, 6.45) is 2.17. The number of hydrazone groups is 1. The molecule has 0 spiro atoms. The molecule has 0 atom stereocenters. The minimum atomic E-state index is -0.858. The number of benzene rings is 3. The summed E-state index contributed by atoms with van der Waals surface area (Å²) in [6, 6.07) is 19.6. The van der Waals surface area contributed by atoms with Gasteiger partial charge in [-0.15, -0.1) is 0 Å². The normalized spacial score (nSPS) is 10.7. The van der Waals surface area contributed by atoms with Crippen molar-refractivity contribution in [3.63, 3.8) is 0 Å². The number of carbonyl (C=O) groups excluding carboxylic acids is 2. The molecule has 0 unspecified atom stereocenters. The van der Waals surface area contributed by atoms with Gasteiger partial charge in [-0.2, -0.15) is 5.10 Å². The molecule has 0 aliphatic rings. The maximum atomic E-state index is 12.1. The third-order valence-corrected chi connectivity index (χ3v) is 5.27. The standard InChI is InChI=1S/C24H21Cl2N3O3/c1-2-17-6-3-4-9-22(17)28-23(30)24(31)29-27-14-16-10-12-18(13-11-16)32-15-19-20(25)7-5-8-21(19)26/h3-14H,2,15H2,1H3,(H,28,30)(H,29,31)/b27-14+. The van der Waals surface area contributed by atoms with Crippen molar-refractivity contribution < 1.29 is 14.3 Å². The van der Waals surface area contributed by atoms with Crippen LogP contribution >= 0.6 is 23.2 Å². The molecule has 164 valence electrons. The van der Waals surface area contributed by atoms with Crippen LogP contribution < -0.4 is 15.5 Å². The van der Waals surface area contributed by atoms with E-state index in [1.165, 1.54) is 6.21 Å². The van der Waals surface area contributed by atoms with Gasteiger partial charge in [0, 0.05) is 21.3 Å². The largest absolute Gasteiger partial charge is 0.489 e. The number of amides is 2. The van der Waals surface area contributed by atoms with E-state index in [9.17, 15) is 9.59 Å². The number of carbonyl (C=O) groups is 2. The summed E-state index contributed by atoms with van der Waals surface area (Å²) in [6.45, 7) is 2.20. The van der Waals surface area contributed by atoms with Crippen LogP contribution in [0, 0.1) is 0 Å². The lowest BCUT2D eigenvalue weighted by Crippen LogP contribution is -2.32. The molecule has 3 aromatic carbocycles. The molecule has 3 rings (SSSR count). The third kappa shape index (κ3) is 6.33. The number of ether oxygens (including phenoxy) is 1. The van der Waals surface area contributed by atoms with Crippen molar-refractivity contribution in [1.82, 2.24) is 5.43 Å². The molecule has 3 aromatic rings. The molecular weight excluding hydrogens is 449 g/mol. The van der Waals surface area contributed by atoms with Crippen LogP contribution in [0.2, 0.25) is 10.0 Å². The van der Waals surface area contributed by atoms with E-state index >= 15 is 0 Å². The zero-order valence-corrected chi connectivity index (χ0v) is 18.8. The van der Waals surface area contributed by atoms with E-state index in [-0.39, 0.29) is 6.61 Å². The fourth-order valence-corrected chi connectivity index (χ4v) is 3.33. The molecule has 6 nitrogen and oxygen atoms in total. The first kappa shape index (κ1) is 23.3. The Balaban J connectivity index is 1.51. The fraction of sp³-hybridized carbons (Fsp3) is 0.125. The van der Waals surface area contributed by atoms with Gasteiger partial charge in [-0.25, -0.2) is 5.43 Å². The number of hydrogen-bond donors (Lipinski definition) is 2. The van der Waals surface area contributed by atoms with Crippen molar-refractivity contribution in [2.24, 2.45) is 5.10 Å². The summed E-state index contributed by atoms with van der Waals surface area (Å²) in [5.41, 5.74) is 5.19. The van der Waals surface area contributed by atoms with Crippen molar-refractivity contribution in [3.05, 3.63) is 93.5 Å². The Labute approximate surface area is 196 Å². The predicted molar refractivity (Wildman–Crippen MR) is 127 cm³/mol. The molecule has 0 aromatic heterocycles. The Kier molecular flexibility index (Phi) is 8.25.